The lowest BCUT2D eigenvalue weighted by Crippen LogP contribution is -2.05. The number of carboxylic acid groups (broad SMARTS) is 1. The molecule has 0 aliphatic heterocycles. The molecule has 4 nitrogen and oxygen atoms in total. The lowest BCUT2D eigenvalue weighted by atomic mass is 9.97. The average molecular weight is 266 g/mol. The van der Waals surface area contributed by atoms with E-state index in [4.69, 9.17) is 5.11 Å². The Labute approximate surface area is 114 Å². The molecule has 0 aliphatic carbocycles. The van der Waals surface area contributed by atoms with Gasteiger partial charge in [0.05, 0.1) is 0 Å². The Morgan fingerprint density at radius 1 is 1.11 bits per heavy atom. The van der Waals surface area contributed by atoms with Crippen LogP contribution in [-0.2, 0) is 12.8 Å². The molecule has 0 saturated heterocycles. The molecule has 1 rings (SSSR count). The number of unbranched alkanes of at least 4 members (excludes halogenated alkanes) is 2. The van der Waals surface area contributed by atoms with E-state index in [0.29, 0.717) is 0 Å². The van der Waals surface area contributed by atoms with E-state index in [1.165, 1.54) is 0 Å². The molecule has 0 heterocycles. The van der Waals surface area contributed by atoms with Crippen LogP contribution in [0, 0.1) is 0 Å². The summed E-state index contributed by atoms with van der Waals surface area (Å²) in [6, 6.07) is 3.28. The third kappa shape index (κ3) is 4.81. The molecule has 1 aromatic carbocycles. The number of aromatic hydroxyl groups is 1. The highest BCUT2D eigenvalue weighted by molar-refractivity contribution is 5.63. The molecular formula is C15H22O4. The van der Waals surface area contributed by atoms with E-state index in [2.05, 4.69) is 18.6 Å². The van der Waals surface area contributed by atoms with E-state index in [9.17, 15) is 9.90 Å². The average Bonchev–Trinajstić information content (AvgIpc) is 2.34. The van der Waals surface area contributed by atoms with Gasteiger partial charge in [0, 0.05) is 0 Å². The molecule has 0 fully saturated rings. The summed E-state index contributed by atoms with van der Waals surface area (Å²) in [5, 5.41) is 18.4. The molecule has 4 heteroatoms. The molecule has 0 spiro atoms. The lowest BCUT2D eigenvalue weighted by Gasteiger charge is -2.12. The van der Waals surface area contributed by atoms with Crippen LogP contribution in [0.4, 0.5) is 4.79 Å². The normalized spacial score (nSPS) is 10.4. The maximum Gasteiger partial charge on any atom is 0.511 e. The van der Waals surface area contributed by atoms with Crippen molar-refractivity contribution in [3.05, 3.63) is 23.3 Å². The zero-order chi connectivity index (χ0) is 14.3. The predicted octanol–water partition coefficient (Wildman–Crippen LogP) is 4.13. The van der Waals surface area contributed by atoms with Gasteiger partial charge in [-0.25, -0.2) is 4.79 Å². The van der Waals surface area contributed by atoms with Gasteiger partial charge in [-0.2, -0.15) is 0 Å². The van der Waals surface area contributed by atoms with Crippen LogP contribution in [0.3, 0.4) is 0 Å². The Morgan fingerprint density at radius 3 is 2.37 bits per heavy atom. The van der Waals surface area contributed by atoms with E-state index in [-0.39, 0.29) is 11.5 Å². The maximum atomic E-state index is 10.6. The van der Waals surface area contributed by atoms with Crippen molar-refractivity contribution in [2.75, 3.05) is 0 Å². The fourth-order valence-electron chi connectivity index (χ4n) is 2.13. The van der Waals surface area contributed by atoms with Gasteiger partial charge in [0.2, 0.25) is 0 Å². The molecule has 0 saturated carbocycles. The minimum absolute atomic E-state index is 0.0267. The molecule has 1 aromatic rings. The summed E-state index contributed by atoms with van der Waals surface area (Å²) in [6.45, 7) is 4.22. The number of hydrogen-bond donors (Lipinski definition) is 2. The first-order chi connectivity index (χ1) is 9.08. The summed E-state index contributed by atoms with van der Waals surface area (Å²) in [7, 11) is 0. The molecular weight excluding hydrogens is 244 g/mol. The van der Waals surface area contributed by atoms with Gasteiger partial charge in [-0.15, -0.1) is 0 Å². The molecule has 0 radical (unpaired) electrons. The third-order valence-electron chi connectivity index (χ3n) is 3.05. The van der Waals surface area contributed by atoms with Crippen LogP contribution in [-0.4, -0.2) is 16.4 Å². The quantitative estimate of drug-likeness (QED) is 0.442. The standard InChI is InChI=1S/C15H22O4/c1-3-5-6-8-12-10-14(19-15(17)18)13(16)9-11(12)7-4-2/h9-10,16H,3-8H2,1-2H3,(H,17,18). The first-order valence-corrected chi connectivity index (χ1v) is 6.84. The SMILES string of the molecule is CCCCCc1cc(OC(=O)O)c(O)cc1CCC. The van der Waals surface area contributed by atoms with Crippen LogP contribution in [0.25, 0.3) is 0 Å². The topological polar surface area (TPSA) is 66.8 Å². The molecule has 2 N–H and O–H groups in total. The van der Waals surface area contributed by atoms with Crippen molar-refractivity contribution in [1.29, 1.82) is 0 Å². The Kier molecular flexibility index (Phi) is 6.19. The molecule has 0 aliphatic rings. The second kappa shape index (κ2) is 7.67. The number of phenolic OH excluding ortho intramolecular Hbond substituents is 1. The highest BCUT2D eigenvalue weighted by Crippen LogP contribution is 2.31. The van der Waals surface area contributed by atoms with Gasteiger partial charge >= 0.3 is 6.16 Å². The van der Waals surface area contributed by atoms with E-state index in [1.807, 2.05) is 0 Å². The zero-order valence-electron chi connectivity index (χ0n) is 11.6. The number of phenols is 1. The van der Waals surface area contributed by atoms with Crippen molar-refractivity contribution in [3.8, 4) is 11.5 Å². The second-order valence-electron chi connectivity index (χ2n) is 4.66. The number of benzene rings is 1. The molecule has 0 aromatic heterocycles. The zero-order valence-corrected chi connectivity index (χ0v) is 11.6. The van der Waals surface area contributed by atoms with Gasteiger partial charge in [0.25, 0.3) is 0 Å². The van der Waals surface area contributed by atoms with Crippen LogP contribution >= 0.6 is 0 Å². The Morgan fingerprint density at radius 2 is 1.79 bits per heavy atom. The van der Waals surface area contributed by atoms with Crippen molar-refractivity contribution in [1.82, 2.24) is 0 Å². The minimum atomic E-state index is -1.40. The molecule has 106 valence electrons. The Bertz CT molecular complexity index is 426. The predicted molar refractivity (Wildman–Crippen MR) is 74.0 cm³/mol. The molecule has 19 heavy (non-hydrogen) atoms. The summed E-state index contributed by atoms with van der Waals surface area (Å²) in [6.07, 6.45) is 4.69. The second-order valence-corrected chi connectivity index (χ2v) is 4.66. The smallest absolute Gasteiger partial charge is 0.504 e. The van der Waals surface area contributed by atoms with Crippen LogP contribution < -0.4 is 4.74 Å². The number of ether oxygens (including phenoxy) is 1. The van der Waals surface area contributed by atoms with Crippen LogP contribution in [0.1, 0.15) is 50.7 Å². The summed E-state index contributed by atoms with van der Waals surface area (Å²) in [4.78, 5) is 10.6. The van der Waals surface area contributed by atoms with Crippen LogP contribution in [0.5, 0.6) is 11.5 Å². The van der Waals surface area contributed by atoms with Gasteiger partial charge in [0.15, 0.2) is 11.5 Å². The monoisotopic (exact) mass is 266 g/mol. The number of hydrogen-bond acceptors (Lipinski definition) is 3. The molecule has 0 bridgehead atoms. The van der Waals surface area contributed by atoms with E-state index in [0.717, 1.165) is 49.7 Å². The highest BCUT2D eigenvalue weighted by Gasteiger charge is 2.12. The number of aryl methyl sites for hydroxylation is 2. The van der Waals surface area contributed by atoms with Gasteiger partial charge < -0.3 is 14.9 Å². The van der Waals surface area contributed by atoms with Crippen molar-refractivity contribution in [2.45, 2.75) is 52.4 Å². The Hall–Kier alpha value is -1.71. The summed E-state index contributed by atoms with van der Waals surface area (Å²) in [5.41, 5.74) is 2.15. The minimum Gasteiger partial charge on any atom is -0.504 e. The summed E-state index contributed by atoms with van der Waals surface area (Å²) in [5.74, 6) is -0.0797. The van der Waals surface area contributed by atoms with Gasteiger partial charge in [-0.1, -0.05) is 33.1 Å². The first-order valence-electron chi connectivity index (χ1n) is 6.84. The van der Waals surface area contributed by atoms with Crippen molar-refractivity contribution in [2.24, 2.45) is 0 Å². The molecule has 0 unspecified atom stereocenters. The largest absolute Gasteiger partial charge is 0.511 e. The highest BCUT2D eigenvalue weighted by atomic mass is 16.7. The fraction of sp³-hybridized carbons (Fsp3) is 0.533. The number of carbonyl (C=O) groups is 1. The molecule has 0 atom stereocenters. The van der Waals surface area contributed by atoms with Gasteiger partial charge in [-0.05, 0) is 42.5 Å². The molecule has 0 amide bonds. The fourth-order valence-corrected chi connectivity index (χ4v) is 2.13. The Balaban J connectivity index is 2.96. The lowest BCUT2D eigenvalue weighted by molar-refractivity contribution is 0.143. The van der Waals surface area contributed by atoms with Crippen LogP contribution in [0.15, 0.2) is 12.1 Å². The number of rotatable bonds is 7. The van der Waals surface area contributed by atoms with Gasteiger partial charge in [-0.3, -0.25) is 0 Å². The summed E-state index contributed by atoms with van der Waals surface area (Å²) < 4.78 is 4.59. The van der Waals surface area contributed by atoms with E-state index < -0.39 is 6.16 Å². The van der Waals surface area contributed by atoms with Crippen LogP contribution in [0.2, 0.25) is 0 Å². The van der Waals surface area contributed by atoms with E-state index in [1.54, 1.807) is 12.1 Å². The first kappa shape index (κ1) is 15.3. The van der Waals surface area contributed by atoms with Crippen molar-refractivity contribution < 1.29 is 19.7 Å². The van der Waals surface area contributed by atoms with E-state index >= 15 is 0 Å². The third-order valence-corrected chi connectivity index (χ3v) is 3.05. The van der Waals surface area contributed by atoms with Crippen molar-refractivity contribution in [3.63, 3.8) is 0 Å². The van der Waals surface area contributed by atoms with Gasteiger partial charge in [0.1, 0.15) is 0 Å². The maximum absolute atomic E-state index is 10.6. The summed E-state index contributed by atoms with van der Waals surface area (Å²) >= 11 is 0. The van der Waals surface area contributed by atoms with Crippen molar-refractivity contribution >= 4 is 6.16 Å².